The van der Waals surface area contributed by atoms with Crippen LogP contribution in [0.25, 0.3) is 0 Å². The van der Waals surface area contributed by atoms with Gasteiger partial charge < -0.3 is 10.5 Å². The quantitative estimate of drug-likeness (QED) is 0.759. The van der Waals surface area contributed by atoms with Crippen molar-refractivity contribution in [2.24, 2.45) is 5.73 Å². The molecule has 90 valence electrons. The maximum Gasteiger partial charge on any atom is 0.126 e. The number of ether oxygens (including phenoxy) is 1. The zero-order valence-electron chi connectivity index (χ0n) is 9.38. The summed E-state index contributed by atoms with van der Waals surface area (Å²) >= 11 is 0. The molecule has 0 aliphatic carbocycles. The van der Waals surface area contributed by atoms with E-state index >= 15 is 0 Å². The lowest BCUT2D eigenvalue weighted by Crippen LogP contribution is -2.29. The van der Waals surface area contributed by atoms with E-state index < -0.39 is 11.6 Å². The minimum atomic E-state index is -0.446. The van der Waals surface area contributed by atoms with Crippen LogP contribution in [0.3, 0.4) is 0 Å². The Morgan fingerprint density at radius 3 is 2.81 bits per heavy atom. The van der Waals surface area contributed by atoms with Crippen molar-refractivity contribution in [1.29, 1.82) is 0 Å². The minimum Gasteiger partial charge on any atom is -0.380 e. The Morgan fingerprint density at radius 1 is 1.38 bits per heavy atom. The molecular formula is C12H17F2NO. The van der Waals surface area contributed by atoms with Crippen LogP contribution in [0.4, 0.5) is 8.78 Å². The van der Waals surface area contributed by atoms with Crippen LogP contribution in [0, 0.1) is 11.6 Å². The number of nitrogens with two attached hydrogens (primary N) is 1. The largest absolute Gasteiger partial charge is 0.380 e. The smallest absolute Gasteiger partial charge is 0.126 e. The summed E-state index contributed by atoms with van der Waals surface area (Å²) in [4.78, 5) is 0. The van der Waals surface area contributed by atoms with Crippen LogP contribution in [0.1, 0.15) is 18.9 Å². The maximum absolute atomic E-state index is 13.3. The Bertz CT molecular complexity index is 331. The molecule has 1 unspecified atom stereocenters. The number of benzene rings is 1. The first kappa shape index (κ1) is 13.1. The first-order chi connectivity index (χ1) is 7.63. The van der Waals surface area contributed by atoms with Gasteiger partial charge in [-0.05, 0) is 36.6 Å². The second-order valence-electron chi connectivity index (χ2n) is 3.77. The van der Waals surface area contributed by atoms with Crippen molar-refractivity contribution in [2.75, 3.05) is 13.2 Å². The molecule has 0 amide bonds. The van der Waals surface area contributed by atoms with Gasteiger partial charge in [0.05, 0.1) is 6.61 Å². The van der Waals surface area contributed by atoms with E-state index in [2.05, 4.69) is 0 Å². The molecule has 0 bridgehead atoms. The van der Waals surface area contributed by atoms with Crippen molar-refractivity contribution in [3.63, 3.8) is 0 Å². The lowest BCUT2D eigenvalue weighted by molar-refractivity contribution is 0.121. The third-order valence-corrected chi connectivity index (χ3v) is 2.17. The number of hydrogen-bond donors (Lipinski definition) is 1. The van der Waals surface area contributed by atoms with Crippen molar-refractivity contribution in [3.8, 4) is 0 Å². The predicted octanol–water partition coefficient (Wildman–Crippen LogP) is 2.26. The normalized spacial score (nSPS) is 12.8. The zero-order chi connectivity index (χ0) is 12.0. The van der Waals surface area contributed by atoms with Gasteiger partial charge in [0.1, 0.15) is 11.6 Å². The lowest BCUT2D eigenvalue weighted by Gasteiger charge is -2.12. The molecule has 0 aromatic heterocycles. The third-order valence-electron chi connectivity index (χ3n) is 2.17. The molecule has 1 aromatic carbocycles. The molecule has 0 spiro atoms. The summed E-state index contributed by atoms with van der Waals surface area (Å²) in [6, 6.07) is 3.08. The predicted molar refractivity (Wildman–Crippen MR) is 59.1 cm³/mol. The minimum absolute atomic E-state index is 0.285. The SMILES string of the molecule is CCCOCC(N)Cc1cc(F)ccc1F. The molecule has 1 aromatic rings. The Balaban J connectivity index is 2.48. The third kappa shape index (κ3) is 4.24. The monoisotopic (exact) mass is 229 g/mol. The molecule has 0 aliphatic rings. The second-order valence-corrected chi connectivity index (χ2v) is 3.77. The molecule has 16 heavy (non-hydrogen) atoms. The van der Waals surface area contributed by atoms with E-state index in [9.17, 15) is 8.78 Å². The van der Waals surface area contributed by atoms with Gasteiger partial charge in [0, 0.05) is 12.6 Å². The second kappa shape index (κ2) is 6.55. The average molecular weight is 229 g/mol. The molecule has 0 saturated heterocycles. The molecule has 0 fully saturated rings. The van der Waals surface area contributed by atoms with E-state index in [4.69, 9.17) is 10.5 Å². The van der Waals surface area contributed by atoms with E-state index in [1.54, 1.807) is 0 Å². The van der Waals surface area contributed by atoms with Gasteiger partial charge in [-0.2, -0.15) is 0 Å². The molecular weight excluding hydrogens is 212 g/mol. The summed E-state index contributed by atoms with van der Waals surface area (Å²) in [7, 11) is 0. The fourth-order valence-corrected chi connectivity index (χ4v) is 1.42. The fourth-order valence-electron chi connectivity index (χ4n) is 1.42. The van der Waals surface area contributed by atoms with Gasteiger partial charge in [0.25, 0.3) is 0 Å². The highest BCUT2D eigenvalue weighted by atomic mass is 19.1. The standard InChI is InChI=1S/C12H17F2NO/c1-2-5-16-8-11(15)7-9-6-10(13)3-4-12(9)14/h3-4,6,11H,2,5,7-8,15H2,1H3. The van der Waals surface area contributed by atoms with Crippen molar-refractivity contribution in [1.82, 2.24) is 0 Å². The first-order valence-electron chi connectivity index (χ1n) is 5.40. The van der Waals surface area contributed by atoms with Crippen LogP contribution in [0.15, 0.2) is 18.2 Å². The number of hydrogen-bond acceptors (Lipinski definition) is 2. The van der Waals surface area contributed by atoms with Crippen LogP contribution in [0.5, 0.6) is 0 Å². The van der Waals surface area contributed by atoms with E-state index in [0.717, 1.165) is 18.6 Å². The highest BCUT2D eigenvalue weighted by Crippen LogP contribution is 2.11. The molecule has 0 saturated carbocycles. The van der Waals surface area contributed by atoms with Crippen LogP contribution in [-0.2, 0) is 11.2 Å². The summed E-state index contributed by atoms with van der Waals surface area (Å²) < 4.78 is 31.4. The molecule has 0 aliphatic heterocycles. The van der Waals surface area contributed by atoms with Crippen molar-refractivity contribution >= 4 is 0 Å². The summed E-state index contributed by atoms with van der Waals surface area (Å²) in [5, 5.41) is 0. The Hall–Kier alpha value is -1.00. The van der Waals surface area contributed by atoms with Gasteiger partial charge in [-0.1, -0.05) is 6.92 Å². The van der Waals surface area contributed by atoms with Gasteiger partial charge in [-0.25, -0.2) is 8.78 Å². The molecule has 1 atom stereocenters. The number of halogens is 2. The molecule has 2 N–H and O–H groups in total. The van der Waals surface area contributed by atoms with Gasteiger partial charge in [-0.15, -0.1) is 0 Å². The Morgan fingerprint density at radius 2 is 2.12 bits per heavy atom. The van der Waals surface area contributed by atoms with Gasteiger partial charge in [-0.3, -0.25) is 0 Å². The summed E-state index contributed by atoms with van der Waals surface area (Å²) in [5.74, 6) is -0.870. The van der Waals surface area contributed by atoms with Gasteiger partial charge >= 0.3 is 0 Å². The highest BCUT2D eigenvalue weighted by molar-refractivity contribution is 5.19. The maximum atomic E-state index is 13.3. The summed E-state index contributed by atoms with van der Waals surface area (Å²) in [6.07, 6.45) is 1.20. The van der Waals surface area contributed by atoms with Gasteiger partial charge in [0.2, 0.25) is 0 Å². The highest BCUT2D eigenvalue weighted by Gasteiger charge is 2.09. The average Bonchev–Trinajstić information content (AvgIpc) is 2.24. The van der Waals surface area contributed by atoms with Crippen molar-refractivity contribution in [3.05, 3.63) is 35.4 Å². The van der Waals surface area contributed by atoms with Crippen molar-refractivity contribution < 1.29 is 13.5 Å². The summed E-state index contributed by atoms with van der Waals surface area (Å²) in [6.45, 7) is 3.00. The topological polar surface area (TPSA) is 35.2 Å². The van der Waals surface area contributed by atoms with Crippen molar-refractivity contribution in [2.45, 2.75) is 25.8 Å². The lowest BCUT2D eigenvalue weighted by atomic mass is 10.1. The fraction of sp³-hybridized carbons (Fsp3) is 0.500. The molecule has 0 radical (unpaired) electrons. The Labute approximate surface area is 94.4 Å². The van der Waals surface area contributed by atoms with E-state index in [0.29, 0.717) is 18.8 Å². The van der Waals surface area contributed by atoms with E-state index in [1.165, 1.54) is 6.07 Å². The van der Waals surface area contributed by atoms with E-state index in [1.807, 2.05) is 6.92 Å². The van der Waals surface area contributed by atoms with Gasteiger partial charge in [0.15, 0.2) is 0 Å². The van der Waals surface area contributed by atoms with Crippen LogP contribution in [-0.4, -0.2) is 19.3 Å². The van der Waals surface area contributed by atoms with Crippen LogP contribution < -0.4 is 5.73 Å². The first-order valence-corrected chi connectivity index (χ1v) is 5.40. The summed E-state index contributed by atoms with van der Waals surface area (Å²) in [5.41, 5.74) is 6.05. The molecule has 0 heterocycles. The van der Waals surface area contributed by atoms with Crippen LogP contribution >= 0.6 is 0 Å². The molecule has 4 heteroatoms. The Kier molecular flexibility index (Phi) is 5.35. The van der Waals surface area contributed by atoms with E-state index in [-0.39, 0.29) is 12.5 Å². The van der Waals surface area contributed by atoms with Crippen LogP contribution in [0.2, 0.25) is 0 Å². The molecule has 2 nitrogen and oxygen atoms in total. The zero-order valence-corrected chi connectivity index (χ0v) is 9.38. The molecule has 1 rings (SSSR count). The number of rotatable bonds is 6.